The van der Waals surface area contributed by atoms with Gasteiger partial charge in [0.05, 0.1) is 0 Å². The highest BCUT2D eigenvalue weighted by Crippen LogP contribution is 2.77. The standard InChI is InChI=1S/C21H34N2/c1-17-3-16-6-19(10-17,13-21(23,9-16)11-17)18-4-14-2-15(5-18)8-20(22,7-14)12-18/h14-16H,2-13,22-23H2,1H3. The van der Waals surface area contributed by atoms with Crippen molar-refractivity contribution >= 4 is 0 Å². The first-order chi connectivity index (χ1) is 10.7. The molecule has 6 atom stereocenters. The number of nitrogens with two attached hydrogens (primary N) is 2. The molecule has 8 aliphatic rings. The Bertz CT molecular complexity index is 548. The molecule has 2 heteroatoms. The highest BCUT2D eigenvalue weighted by Gasteiger charge is 2.70. The molecule has 0 heterocycles. The zero-order valence-corrected chi connectivity index (χ0v) is 14.9. The molecule has 0 saturated heterocycles. The van der Waals surface area contributed by atoms with Gasteiger partial charge in [0.15, 0.2) is 0 Å². The molecule has 0 aromatic carbocycles. The third kappa shape index (κ3) is 1.68. The van der Waals surface area contributed by atoms with E-state index in [2.05, 4.69) is 6.92 Å². The van der Waals surface area contributed by atoms with Gasteiger partial charge in [0, 0.05) is 11.1 Å². The van der Waals surface area contributed by atoms with Crippen molar-refractivity contribution in [2.24, 2.45) is 45.5 Å². The molecule has 6 unspecified atom stereocenters. The normalized spacial score (nSPS) is 68.7. The van der Waals surface area contributed by atoms with Gasteiger partial charge in [0.25, 0.3) is 0 Å². The second-order valence-electron chi connectivity index (χ2n) is 12.1. The average Bonchev–Trinajstić information content (AvgIpc) is 2.30. The van der Waals surface area contributed by atoms with Crippen LogP contribution in [0.15, 0.2) is 0 Å². The molecule has 8 rings (SSSR count). The Labute approximate surface area is 141 Å². The van der Waals surface area contributed by atoms with E-state index in [9.17, 15) is 0 Å². The van der Waals surface area contributed by atoms with Crippen LogP contribution in [0.5, 0.6) is 0 Å². The average molecular weight is 315 g/mol. The lowest BCUT2D eigenvalue weighted by molar-refractivity contribution is -0.225. The lowest BCUT2D eigenvalue weighted by Crippen LogP contribution is -2.71. The zero-order chi connectivity index (χ0) is 15.7. The quantitative estimate of drug-likeness (QED) is 0.769. The van der Waals surface area contributed by atoms with Gasteiger partial charge in [0.1, 0.15) is 0 Å². The topological polar surface area (TPSA) is 52.0 Å². The summed E-state index contributed by atoms with van der Waals surface area (Å²) < 4.78 is 0. The first kappa shape index (κ1) is 14.1. The lowest BCUT2D eigenvalue weighted by atomic mass is 9.31. The molecule has 0 spiro atoms. The molecule has 8 fully saturated rings. The third-order valence-corrected chi connectivity index (χ3v) is 9.62. The summed E-state index contributed by atoms with van der Waals surface area (Å²) in [5.41, 5.74) is 16.0. The van der Waals surface area contributed by atoms with E-state index in [1.165, 1.54) is 77.0 Å². The SMILES string of the molecule is CC12CC3CC(N)(C1)CC(C14CC5CC(CC(N)(C5)C1)C4)(C3)C2. The van der Waals surface area contributed by atoms with Crippen molar-refractivity contribution in [1.29, 1.82) is 0 Å². The molecule has 2 nitrogen and oxygen atoms in total. The first-order valence-corrected chi connectivity index (χ1v) is 10.3. The van der Waals surface area contributed by atoms with Gasteiger partial charge in [-0.3, -0.25) is 0 Å². The van der Waals surface area contributed by atoms with Gasteiger partial charge in [0.2, 0.25) is 0 Å². The maximum Gasteiger partial charge on any atom is 0.0167 e. The minimum atomic E-state index is 0.166. The number of hydrogen-bond acceptors (Lipinski definition) is 2. The van der Waals surface area contributed by atoms with E-state index < -0.39 is 0 Å². The number of rotatable bonds is 1. The van der Waals surface area contributed by atoms with E-state index in [1.54, 1.807) is 0 Å². The van der Waals surface area contributed by atoms with Crippen LogP contribution < -0.4 is 11.5 Å². The predicted octanol–water partition coefficient (Wildman–Crippen LogP) is 3.97. The van der Waals surface area contributed by atoms with Gasteiger partial charge >= 0.3 is 0 Å². The summed E-state index contributed by atoms with van der Waals surface area (Å²) >= 11 is 0. The molecular formula is C21H34N2. The van der Waals surface area contributed by atoms with E-state index in [0.29, 0.717) is 16.2 Å². The summed E-state index contributed by atoms with van der Waals surface area (Å²) in [7, 11) is 0. The highest BCUT2D eigenvalue weighted by molar-refractivity contribution is 5.23. The van der Waals surface area contributed by atoms with E-state index in [0.717, 1.165) is 17.8 Å². The van der Waals surface area contributed by atoms with Crippen LogP contribution in [0.25, 0.3) is 0 Å². The molecule has 4 N–H and O–H groups in total. The fourth-order valence-electron chi connectivity index (χ4n) is 10.5. The van der Waals surface area contributed by atoms with Gasteiger partial charge in [-0.05, 0) is 111 Å². The summed E-state index contributed by atoms with van der Waals surface area (Å²) in [6.45, 7) is 2.58. The monoisotopic (exact) mass is 314 g/mol. The van der Waals surface area contributed by atoms with Gasteiger partial charge < -0.3 is 11.5 Å². The Morgan fingerprint density at radius 1 is 0.609 bits per heavy atom. The van der Waals surface area contributed by atoms with Crippen molar-refractivity contribution in [3.05, 3.63) is 0 Å². The van der Waals surface area contributed by atoms with Crippen LogP contribution in [0.2, 0.25) is 0 Å². The van der Waals surface area contributed by atoms with E-state index >= 15 is 0 Å². The fraction of sp³-hybridized carbons (Fsp3) is 1.00. The van der Waals surface area contributed by atoms with Crippen molar-refractivity contribution in [2.75, 3.05) is 0 Å². The molecule has 0 aliphatic heterocycles. The summed E-state index contributed by atoms with van der Waals surface area (Å²) in [6.07, 6.45) is 16.9. The van der Waals surface area contributed by atoms with Gasteiger partial charge in [-0.25, -0.2) is 0 Å². The first-order valence-electron chi connectivity index (χ1n) is 10.3. The predicted molar refractivity (Wildman–Crippen MR) is 92.7 cm³/mol. The molecule has 128 valence electrons. The van der Waals surface area contributed by atoms with Gasteiger partial charge in [-0.2, -0.15) is 0 Å². The minimum absolute atomic E-state index is 0.166. The van der Waals surface area contributed by atoms with Gasteiger partial charge in [-0.1, -0.05) is 6.92 Å². The van der Waals surface area contributed by atoms with Crippen LogP contribution in [0.1, 0.15) is 84.0 Å². The van der Waals surface area contributed by atoms with Crippen LogP contribution in [-0.2, 0) is 0 Å². The largest absolute Gasteiger partial charge is 0.325 e. The van der Waals surface area contributed by atoms with Crippen molar-refractivity contribution < 1.29 is 0 Å². The van der Waals surface area contributed by atoms with Crippen molar-refractivity contribution in [1.82, 2.24) is 0 Å². The van der Waals surface area contributed by atoms with Crippen LogP contribution in [0, 0.1) is 34.0 Å². The van der Waals surface area contributed by atoms with Crippen LogP contribution in [0.3, 0.4) is 0 Å². The Balaban J connectivity index is 1.48. The number of hydrogen-bond donors (Lipinski definition) is 2. The van der Waals surface area contributed by atoms with E-state index in [-0.39, 0.29) is 11.1 Å². The molecule has 23 heavy (non-hydrogen) atoms. The summed E-state index contributed by atoms with van der Waals surface area (Å²) in [5, 5.41) is 0. The highest BCUT2D eigenvalue weighted by atomic mass is 14.9. The molecule has 8 bridgehead atoms. The van der Waals surface area contributed by atoms with E-state index in [4.69, 9.17) is 11.5 Å². The Hall–Kier alpha value is -0.0800. The molecule has 8 aliphatic carbocycles. The molecule has 0 radical (unpaired) electrons. The lowest BCUT2D eigenvalue weighted by Gasteiger charge is -2.75. The second kappa shape index (κ2) is 3.70. The molecular weight excluding hydrogens is 280 g/mol. The fourth-order valence-corrected chi connectivity index (χ4v) is 10.5. The summed E-state index contributed by atoms with van der Waals surface area (Å²) in [4.78, 5) is 0. The molecule has 8 saturated carbocycles. The second-order valence-corrected chi connectivity index (χ2v) is 12.1. The summed E-state index contributed by atoms with van der Waals surface area (Å²) in [5.74, 6) is 2.80. The van der Waals surface area contributed by atoms with Crippen molar-refractivity contribution in [3.63, 3.8) is 0 Å². The Kier molecular flexibility index (Phi) is 2.27. The van der Waals surface area contributed by atoms with Crippen LogP contribution in [0.4, 0.5) is 0 Å². The maximum atomic E-state index is 7.01. The Morgan fingerprint density at radius 3 is 1.83 bits per heavy atom. The zero-order valence-electron chi connectivity index (χ0n) is 14.9. The minimum Gasteiger partial charge on any atom is -0.325 e. The van der Waals surface area contributed by atoms with Crippen LogP contribution >= 0.6 is 0 Å². The van der Waals surface area contributed by atoms with E-state index in [1.807, 2.05) is 0 Å². The third-order valence-electron chi connectivity index (χ3n) is 9.62. The van der Waals surface area contributed by atoms with Crippen molar-refractivity contribution in [3.8, 4) is 0 Å². The molecule has 0 amide bonds. The maximum absolute atomic E-state index is 7.01. The Morgan fingerprint density at radius 2 is 1.22 bits per heavy atom. The molecule has 0 aromatic rings. The summed E-state index contributed by atoms with van der Waals surface area (Å²) in [6, 6.07) is 0. The van der Waals surface area contributed by atoms with Crippen molar-refractivity contribution in [2.45, 2.75) is 95.1 Å². The van der Waals surface area contributed by atoms with Gasteiger partial charge in [-0.15, -0.1) is 0 Å². The smallest absolute Gasteiger partial charge is 0.0167 e. The van der Waals surface area contributed by atoms with Crippen LogP contribution in [-0.4, -0.2) is 11.1 Å². The molecule has 0 aromatic heterocycles.